The molecule has 6 nitrogen and oxygen atoms in total. The fourth-order valence-electron chi connectivity index (χ4n) is 2.52. The van der Waals surface area contributed by atoms with Crippen molar-refractivity contribution in [1.29, 1.82) is 0 Å². The van der Waals surface area contributed by atoms with E-state index in [9.17, 15) is 14.9 Å². The van der Waals surface area contributed by atoms with Crippen LogP contribution >= 0.6 is 0 Å². The number of nitrogens with zero attached hydrogens (tertiary/aromatic N) is 1. The van der Waals surface area contributed by atoms with E-state index in [-0.39, 0.29) is 17.6 Å². The molecule has 2 rings (SSSR count). The first-order chi connectivity index (χ1) is 8.95. The van der Waals surface area contributed by atoms with E-state index in [1.54, 1.807) is 6.92 Å². The van der Waals surface area contributed by atoms with Gasteiger partial charge < -0.3 is 10.4 Å². The Morgan fingerprint density at radius 2 is 2.16 bits per heavy atom. The van der Waals surface area contributed by atoms with Crippen LogP contribution in [0.3, 0.4) is 0 Å². The molecule has 102 valence electrons. The van der Waals surface area contributed by atoms with Crippen LogP contribution in [0.5, 0.6) is 0 Å². The van der Waals surface area contributed by atoms with Crippen LogP contribution in [0.1, 0.15) is 24.8 Å². The molecule has 0 spiro atoms. The average Bonchev–Trinajstić information content (AvgIpc) is 2.76. The molecule has 1 fully saturated rings. The van der Waals surface area contributed by atoms with Gasteiger partial charge in [-0.15, -0.1) is 0 Å². The molecule has 0 heterocycles. The third-order valence-electron chi connectivity index (χ3n) is 3.43. The van der Waals surface area contributed by atoms with Crippen molar-refractivity contribution in [2.24, 2.45) is 5.92 Å². The molecule has 19 heavy (non-hydrogen) atoms. The second-order valence-corrected chi connectivity index (χ2v) is 5.00. The zero-order chi connectivity index (χ0) is 14.0. The normalized spacial score (nSPS) is 22.2. The number of rotatable bonds is 4. The third kappa shape index (κ3) is 3.21. The zero-order valence-corrected chi connectivity index (χ0v) is 10.6. The Kier molecular flexibility index (Phi) is 3.69. The number of anilines is 1. The maximum absolute atomic E-state index is 10.9. The van der Waals surface area contributed by atoms with Gasteiger partial charge in [0.1, 0.15) is 0 Å². The molecule has 1 aliphatic rings. The minimum Gasteiger partial charge on any atom is -0.481 e. The summed E-state index contributed by atoms with van der Waals surface area (Å²) in [6.07, 6.45) is 2.00. The van der Waals surface area contributed by atoms with E-state index >= 15 is 0 Å². The highest BCUT2D eigenvalue weighted by Crippen LogP contribution is 2.29. The first-order valence-corrected chi connectivity index (χ1v) is 6.21. The zero-order valence-electron chi connectivity index (χ0n) is 10.6. The standard InChI is InChI=1S/C13H16N2O4/c1-8-4-11(7-12(5-8)15(18)19)14-10-3-2-9(6-10)13(16)17/h4-5,7,9-10,14H,2-3,6H2,1H3,(H,16,17)/t9-,10+/m1/s1. The number of benzene rings is 1. The van der Waals surface area contributed by atoms with Gasteiger partial charge in [-0.2, -0.15) is 0 Å². The number of aryl methyl sites for hydroxylation is 1. The highest BCUT2D eigenvalue weighted by atomic mass is 16.6. The number of nitrogens with one attached hydrogen (secondary N) is 1. The number of non-ortho nitro benzene ring substituents is 1. The van der Waals surface area contributed by atoms with Crippen LogP contribution in [0.2, 0.25) is 0 Å². The highest BCUT2D eigenvalue weighted by molar-refractivity contribution is 5.70. The minimum absolute atomic E-state index is 0.0512. The van der Waals surface area contributed by atoms with E-state index in [2.05, 4.69) is 5.32 Å². The summed E-state index contributed by atoms with van der Waals surface area (Å²) >= 11 is 0. The van der Waals surface area contributed by atoms with Crippen molar-refractivity contribution in [2.45, 2.75) is 32.2 Å². The van der Waals surface area contributed by atoms with E-state index in [4.69, 9.17) is 5.11 Å². The molecule has 0 amide bonds. The number of nitro groups is 1. The smallest absolute Gasteiger partial charge is 0.306 e. The lowest BCUT2D eigenvalue weighted by Gasteiger charge is -2.14. The van der Waals surface area contributed by atoms with Crippen molar-refractivity contribution in [3.8, 4) is 0 Å². The molecule has 0 aromatic heterocycles. The molecule has 2 N–H and O–H groups in total. The number of aliphatic carboxylic acids is 1. The van der Waals surface area contributed by atoms with Crippen LogP contribution in [-0.4, -0.2) is 22.0 Å². The number of hydrogen-bond donors (Lipinski definition) is 2. The Morgan fingerprint density at radius 1 is 1.42 bits per heavy atom. The molecular formula is C13H16N2O4. The molecule has 0 aliphatic heterocycles. The molecule has 1 saturated carbocycles. The number of hydrogen-bond acceptors (Lipinski definition) is 4. The van der Waals surface area contributed by atoms with Gasteiger partial charge in [-0.3, -0.25) is 14.9 Å². The lowest BCUT2D eigenvalue weighted by Crippen LogP contribution is -2.18. The van der Waals surface area contributed by atoms with Crippen molar-refractivity contribution in [2.75, 3.05) is 5.32 Å². The molecule has 1 aromatic carbocycles. The lowest BCUT2D eigenvalue weighted by molar-refractivity contribution is -0.384. The summed E-state index contributed by atoms with van der Waals surface area (Å²) in [6.45, 7) is 1.80. The second-order valence-electron chi connectivity index (χ2n) is 5.00. The Hall–Kier alpha value is -2.11. The predicted octanol–water partition coefficient (Wildman–Crippen LogP) is 2.57. The molecule has 0 unspecified atom stereocenters. The van der Waals surface area contributed by atoms with Gasteiger partial charge in [0.15, 0.2) is 0 Å². The van der Waals surface area contributed by atoms with Crippen LogP contribution in [0, 0.1) is 23.0 Å². The van der Waals surface area contributed by atoms with Crippen molar-refractivity contribution in [3.05, 3.63) is 33.9 Å². The fraction of sp³-hybridized carbons (Fsp3) is 0.462. The number of carbonyl (C=O) groups is 1. The summed E-state index contributed by atoms with van der Waals surface area (Å²) in [5.74, 6) is -1.07. The molecule has 0 saturated heterocycles. The fourth-order valence-corrected chi connectivity index (χ4v) is 2.52. The minimum atomic E-state index is -0.764. The molecule has 0 radical (unpaired) electrons. The Labute approximate surface area is 110 Å². The lowest BCUT2D eigenvalue weighted by atomic mass is 10.1. The molecule has 6 heteroatoms. The Bertz CT molecular complexity index is 515. The summed E-state index contributed by atoms with van der Waals surface area (Å²) in [7, 11) is 0. The topological polar surface area (TPSA) is 92.5 Å². The Morgan fingerprint density at radius 3 is 2.74 bits per heavy atom. The first-order valence-electron chi connectivity index (χ1n) is 6.21. The van der Waals surface area contributed by atoms with Gasteiger partial charge in [-0.1, -0.05) is 0 Å². The molecule has 1 aromatic rings. The van der Waals surface area contributed by atoms with Gasteiger partial charge in [0, 0.05) is 23.9 Å². The van der Waals surface area contributed by atoms with Crippen molar-refractivity contribution < 1.29 is 14.8 Å². The Balaban J connectivity index is 2.08. The highest BCUT2D eigenvalue weighted by Gasteiger charge is 2.29. The van der Waals surface area contributed by atoms with Gasteiger partial charge in [-0.05, 0) is 37.8 Å². The monoisotopic (exact) mass is 264 g/mol. The van der Waals surface area contributed by atoms with E-state index in [0.29, 0.717) is 18.5 Å². The molecule has 1 aliphatic carbocycles. The van der Waals surface area contributed by atoms with Gasteiger partial charge in [-0.25, -0.2) is 0 Å². The second kappa shape index (κ2) is 5.26. The maximum Gasteiger partial charge on any atom is 0.306 e. The maximum atomic E-state index is 10.9. The number of nitro benzene ring substituents is 1. The SMILES string of the molecule is Cc1cc(N[C@H]2CC[C@@H](C(=O)O)C2)cc([N+](=O)[O-])c1. The van der Waals surface area contributed by atoms with Crippen LogP contribution in [0.25, 0.3) is 0 Å². The number of carboxylic acids is 1. The summed E-state index contributed by atoms with van der Waals surface area (Å²) in [4.78, 5) is 21.2. The largest absolute Gasteiger partial charge is 0.481 e. The van der Waals surface area contributed by atoms with E-state index < -0.39 is 10.9 Å². The summed E-state index contributed by atoms with van der Waals surface area (Å²) in [5.41, 5.74) is 1.54. The van der Waals surface area contributed by atoms with Crippen molar-refractivity contribution in [1.82, 2.24) is 0 Å². The van der Waals surface area contributed by atoms with Gasteiger partial charge >= 0.3 is 5.97 Å². The van der Waals surface area contributed by atoms with Gasteiger partial charge in [0.2, 0.25) is 0 Å². The molecular weight excluding hydrogens is 248 g/mol. The third-order valence-corrected chi connectivity index (χ3v) is 3.43. The number of carboxylic acid groups (broad SMARTS) is 1. The summed E-state index contributed by atoms with van der Waals surface area (Å²) < 4.78 is 0. The predicted molar refractivity (Wildman–Crippen MR) is 70.2 cm³/mol. The van der Waals surface area contributed by atoms with Gasteiger partial charge in [0.05, 0.1) is 10.8 Å². The van der Waals surface area contributed by atoms with E-state index in [0.717, 1.165) is 12.0 Å². The molecule has 0 bridgehead atoms. The van der Waals surface area contributed by atoms with E-state index in [1.807, 2.05) is 6.07 Å². The van der Waals surface area contributed by atoms with Crippen LogP contribution in [0.15, 0.2) is 18.2 Å². The quantitative estimate of drug-likeness (QED) is 0.644. The summed E-state index contributed by atoms with van der Waals surface area (Å²) in [6, 6.07) is 4.91. The summed E-state index contributed by atoms with van der Waals surface area (Å²) in [5, 5.41) is 22.9. The van der Waals surface area contributed by atoms with Crippen molar-refractivity contribution in [3.63, 3.8) is 0 Å². The van der Waals surface area contributed by atoms with Gasteiger partial charge in [0.25, 0.3) is 5.69 Å². The van der Waals surface area contributed by atoms with Crippen LogP contribution in [-0.2, 0) is 4.79 Å². The van der Waals surface area contributed by atoms with Crippen LogP contribution in [0.4, 0.5) is 11.4 Å². The van der Waals surface area contributed by atoms with Crippen LogP contribution < -0.4 is 5.32 Å². The molecule has 2 atom stereocenters. The first kappa shape index (κ1) is 13.3. The average molecular weight is 264 g/mol. The van der Waals surface area contributed by atoms with Crippen molar-refractivity contribution >= 4 is 17.3 Å². The van der Waals surface area contributed by atoms with E-state index in [1.165, 1.54) is 12.1 Å².